The summed E-state index contributed by atoms with van der Waals surface area (Å²) in [5, 5.41) is 7.99. The summed E-state index contributed by atoms with van der Waals surface area (Å²) in [7, 11) is 0. The largest absolute Gasteiger partial charge is 0.330 e. The number of nitrogens with two attached hydrogens (primary N) is 1. The standard InChI is InChI=1S/C14H16Cl2N4O/c15-11-4-1-3-10(14(11)16)9-20-12(6-8-18-20)19-13(21)5-2-7-17/h1,3-4,6,8H,2,5,7,9,17H2,(H,19,21). The zero-order valence-electron chi connectivity index (χ0n) is 11.4. The van der Waals surface area contributed by atoms with Crippen LogP contribution in [0, 0.1) is 0 Å². The Labute approximate surface area is 133 Å². The van der Waals surface area contributed by atoms with Gasteiger partial charge < -0.3 is 11.1 Å². The van der Waals surface area contributed by atoms with Gasteiger partial charge in [-0.3, -0.25) is 4.79 Å². The number of carbonyl (C=O) groups is 1. The Morgan fingerprint density at radius 2 is 2.14 bits per heavy atom. The minimum atomic E-state index is -0.0839. The molecule has 5 nitrogen and oxygen atoms in total. The molecule has 7 heteroatoms. The van der Waals surface area contributed by atoms with Gasteiger partial charge in [0, 0.05) is 12.5 Å². The predicted octanol–water partition coefficient (Wildman–Crippen LogP) is 2.92. The summed E-state index contributed by atoms with van der Waals surface area (Å²) < 4.78 is 1.66. The number of hydrogen-bond acceptors (Lipinski definition) is 3. The van der Waals surface area contributed by atoms with E-state index in [2.05, 4.69) is 10.4 Å². The van der Waals surface area contributed by atoms with Crippen LogP contribution in [-0.4, -0.2) is 22.2 Å². The van der Waals surface area contributed by atoms with E-state index in [1.165, 1.54) is 0 Å². The molecule has 0 atom stereocenters. The smallest absolute Gasteiger partial charge is 0.225 e. The van der Waals surface area contributed by atoms with E-state index in [4.69, 9.17) is 28.9 Å². The van der Waals surface area contributed by atoms with Crippen LogP contribution in [0.2, 0.25) is 10.0 Å². The number of nitrogens with zero attached hydrogens (tertiary/aromatic N) is 2. The SMILES string of the molecule is NCCCC(=O)Nc1ccnn1Cc1cccc(Cl)c1Cl. The monoisotopic (exact) mass is 326 g/mol. The van der Waals surface area contributed by atoms with Crippen LogP contribution in [0.5, 0.6) is 0 Å². The first-order valence-electron chi connectivity index (χ1n) is 6.56. The Hall–Kier alpha value is -1.56. The van der Waals surface area contributed by atoms with Crippen LogP contribution in [0.25, 0.3) is 0 Å². The zero-order chi connectivity index (χ0) is 15.2. The number of halogens is 2. The van der Waals surface area contributed by atoms with Gasteiger partial charge in [0.15, 0.2) is 0 Å². The van der Waals surface area contributed by atoms with Crippen LogP contribution in [0.4, 0.5) is 5.82 Å². The second-order valence-electron chi connectivity index (χ2n) is 4.53. The van der Waals surface area contributed by atoms with Gasteiger partial charge in [0.05, 0.1) is 22.8 Å². The first-order chi connectivity index (χ1) is 10.1. The first kappa shape index (κ1) is 15.8. The average Bonchev–Trinajstić information content (AvgIpc) is 2.89. The molecule has 1 aromatic heterocycles. The molecule has 0 aliphatic heterocycles. The number of hydrogen-bond donors (Lipinski definition) is 2. The lowest BCUT2D eigenvalue weighted by molar-refractivity contribution is -0.116. The normalized spacial score (nSPS) is 10.6. The minimum absolute atomic E-state index is 0.0839. The van der Waals surface area contributed by atoms with Crippen LogP contribution in [0.1, 0.15) is 18.4 Å². The molecule has 0 saturated heterocycles. The van der Waals surface area contributed by atoms with Gasteiger partial charge in [-0.25, -0.2) is 4.68 Å². The number of carbonyl (C=O) groups excluding carboxylic acids is 1. The third kappa shape index (κ3) is 4.20. The van der Waals surface area contributed by atoms with Gasteiger partial charge in [-0.1, -0.05) is 35.3 Å². The number of nitrogens with one attached hydrogen (secondary N) is 1. The molecule has 1 amide bonds. The predicted molar refractivity (Wildman–Crippen MR) is 84.7 cm³/mol. The Balaban J connectivity index is 2.10. The minimum Gasteiger partial charge on any atom is -0.330 e. The highest BCUT2D eigenvalue weighted by atomic mass is 35.5. The van der Waals surface area contributed by atoms with Crippen molar-refractivity contribution in [2.75, 3.05) is 11.9 Å². The highest BCUT2D eigenvalue weighted by Gasteiger charge is 2.10. The highest BCUT2D eigenvalue weighted by molar-refractivity contribution is 6.42. The van der Waals surface area contributed by atoms with Crippen LogP contribution >= 0.6 is 23.2 Å². The summed E-state index contributed by atoms with van der Waals surface area (Å²) >= 11 is 12.2. The summed E-state index contributed by atoms with van der Waals surface area (Å²) in [6, 6.07) is 7.16. The van der Waals surface area contributed by atoms with Gasteiger partial charge in [-0.2, -0.15) is 5.10 Å². The van der Waals surface area contributed by atoms with E-state index in [0.29, 0.717) is 41.8 Å². The molecule has 2 rings (SSSR count). The van der Waals surface area contributed by atoms with Gasteiger partial charge in [0.25, 0.3) is 0 Å². The molecule has 0 aliphatic rings. The fraction of sp³-hybridized carbons (Fsp3) is 0.286. The molecule has 0 spiro atoms. The Morgan fingerprint density at radius 3 is 2.90 bits per heavy atom. The van der Waals surface area contributed by atoms with Crippen molar-refractivity contribution < 1.29 is 4.79 Å². The molecule has 3 N–H and O–H groups in total. The van der Waals surface area contributed by atoms with Gasteiger partial charge in [-0.15, -0.1) is 0 Å². The van der Waals surface area contributed by atoms with Crippen molar-refractivity contribution in [1.82, 2.24) is 9.78 Å². The van der Waals surface area contributed by atoms with E-state index in [1.54, 1.807) is 23.0 Å². The van der Waals surface area contributed by atoms with Crippen LogP contribution in [-0.2, 0) is 11.3 Å². The second-order valence-corrected chi connectivity index (χ2v) is 5.31. The van der Waals surface area contributed by atoms with Crippen LogP contribution in [0.15, 0.2) is 30.5 Å². The highest BCUT2D eigenvalue weighted by Crippen LogP contribution is 2.26. The topological polar surface area (TPSA) is 72.9 Å². The summed E-state index contributed by atoms with van der Waals surface area (Å²) in [5.41, 5.74) is 6.23. The molecule has 0 bridgehead atoms. The lowest BCUT2D eigenvalue weighted by atomic mass is 10.2. The summed E-state index contributed by atoms with van der Waals surface area (Å²) in [5.74, 6) is 0.535. The van der Waals surface area contributed by atoms with E-state index in [0.717, 1.165) is 5.56 Å². The van der Waals surface area contributed by atoms with Crippen molar-refractivity contribution in [3.8, 4) is 0 Å². The Bertz CT molecular complexity index is 627. The number of amides is 1. The molecule has 0 unspecified atom stereocenters. The summed E-state index contributed by atoms with van der Waals surface area (Å²) in [6.45, 7) is 0.920. The van der Waals surface area contributed by atoms with Crippen LogP contribution < -0.4 is 11.1 Å². The summed E-state index contributed by atoms with van der Waals surface area (Å²) in [6.07, 6.45) is 2.66. The van der Waals surface area contributed by atoms with Crippen molar-refractivity contribution in [3.63, 3.8) is 0 Å². The Kier molecular flexibility index (Phi) is 5.61. The molecule has 1 aromatic carbocycles. The van der Waals surface area contributed by atoms with Gasteiger partial charge in [-0.05, 0) is 24.6 Å². The second kappa shape index (κ2) is 7.45. The number of benzene rings is 1. The van der Waals surface area contributed by atoms with E-state index < -0.39 is 0 Å². The van der Waals surface area contributed by atoms with Crippen molar-refractivity contribution in [2.24, 2.45) is 5.73 Å². The lowest BCUT2D eigenvalue weighted by Gasteiger charge is -2.10. The molecule has 0 radical (unpaired) electrons. The lowest BCUT2D eigenvalue weighted by Crippen LogP contribution is -2.17. The number of rotatable bonds is 6. The number of aromatic nitrogens is 2. The molecule has 0 fully saturated rings. The molecular formula is C14H16Cl2N4O. The molecule has 2 aromatic rings. The van der Waals surface area contributed by atoms with Gasteiger partial charge in [0.2, 0.25) is 5.91 Å². The zero-order valence-corrected chi connectivity index (χ0v) is 12.9. The maximum atomic E-state index is 11.7. The first-order valence-corrected chi connectivity index (χ1v) is 7.32. The average molecular weight is 327 g/mol. The van der Waals surface area contributed by atoms with Gasteiger partial charge in [0.1, 0.15) is 5.82 Å². The summed E-state index contributed by atoms with van der Waals surface area (Å²) in [4.78, 5) is 11.7. The third-order valence-corrected chi connectivity index (χ3v) is 3.80. The van der Waals surface area contributed by atoms with Crippen molar-refractivity contribution in [2.45, 2.75) is 19.4 Å². The fourth-order valence-electron chi connectivity index (χ4n) is 1.86. The molecule has 0 aliphatic carbocycles. The quantitative estimate of drug-likeness (QED) is 0.857. The van der Waals surface area contributed by atoms with E-state index >= 15 is 0 Å². The fourth-order valence-corrected chi connectivity index (χ4v) is 2.24. The van der Waals surface area contributed by atoms with Crippen molar-refractivity contribution in [1.29, 1.82) is 0 Å². The Morgan fingerprint density at radius 1 is 1.33 bits per heavy atom. The number of anilines is 1. The maximum absolute atomic E-state index is 11.7. The van der Waals surface area contributed by atoms with Crippen molar-refractivity contribution in [3.05, 3.63) is 46.1 Å². The maximum Gasteiger partial charge on any atom is 0.225 e. The van der Waals surface area contributed by atoms with E-state index in [-0.39, 0.29) is 5.91 Å². The van der Waals surface area contributed by atoms with Crippen LogP contribution in [0.3, 0.4) is 0 Å². The van der Waals surface area contributed by atoms with Gasteiger partial charge >= 0.3 is 0 Å². The molecule has 21 heavy (non-hydrogen) atoms. The third-order valence-electron chi connectivity index (χ3n) is 2.94. The van der Waals surface area contributed by atoms with E-state index in [1.807, 2.05) is 12.1 Å². The molecule has 1 heterocycles. The molecular weight excluding hydrogens is 311 g/mol. The molecule has 0 saturated carbocycles. The molecule has 112 valence electrons. The van der Waals surface area contributed by atoms with Crippen molar-refractivity contribution >= 4 is 34.9 Å². The van der Waals surface area contributed by atoms with E-state index in [9.17, 15) is 4.79 Å².